The summed E-state index contributed by atoms with van der Waals surface area (Å²) >= 11 is 0. The van der Waals surface area contributed by atoms with Crippen LogP contribution in [0, 0.1) is 12.3 Å². The zero-order chi connectivity index (χ0) is 12.1. The first-order valence-corrected chi connectivity index (χ1v) is 6.07. The van der Waals surface area contributed by atoms with Crippen molar-refractivity contribution in [2.24, 2.45) is 5.73 Å². The number of nitrogens with two attached hydrogens (primary N) is 1. The molecule has 0 bridgehead atoms. The summed E-state index contributed by atoms with van der Waals surface area (Å²) in [6.45, 7) is 1.63. The highest BCUT2D eigenvalue weighted by Crippen LogP contribution is 2.22. The molecule has 2 nitrogen and oxygen atoms in total. The Bertz CT molecular complexity index is 531. The van der Waals surface area contributed by atoms with E-state index < -0.39 is 0 Å². The quantitative estimate of drug-likeness (QED) is 0.780. The molecule has 17 heavy (non-hydrogen) atoms. The molecular weight excluding hydrogens is 208 g/mol. The Labute approximate surface area is 102 Å². The number of hydrogen-bond acceptors (Lipinski definition) is 1. The molecule has 88 valence electrons. The minimum absolute atomic E-state index is 0.740. The second-order valence-corrected chi connectivity index (χ2v) is 4.21. The Hall–Kier alpha value is -1.72. The average Bonchev–Trinajstić information content (AvgIpc) is 2.72. The summed E-state index contributed by atoms with van der Waals surface area (Å²) in [5, 5.41) is 1.33. The molecule has 2 N–H and O–H groups in total. The smallest absolute Gasteiger partial charge is 0.0483 e. The lowest BCUT2D eigenvalue weighted by molar-refractivity contribution is 0.741. The first-order chi connectivity index (χ1) is 8.36. The van der Waals surface area contributed by atoms with Crippen molar-refractivity contribution in [2.45, 2.75) is 25.8 Å². The van der Waals surface area contributed by atoms with Gasteiger partial charge in [-0.3, -0.25) is 0 Å². The van der Waals surface area contributed by atoms with Gasteiger partial charge in [-0.15, -0.1) is 12.3 Å². The van der Waals surface area contributed by atoms with Gasteiger partial charge < -0.3 is 10.3 Å². The highest BCUT2D eigenvalue weighted by Gasteiger charge is 2.06. The number of aromatic nitrogens is 1. The van der Waals surface area contributed by atoms with Crippen LogP contribution in [0.5, 0.6) is 0 Å². The minimum Gasteiger partial charge on any atom is -0.346 e. The molecule has 0 aliphatic rings. The summed E-state index contributed by atoms with van der Waals surface area (Å²) in [7, 11) is 0. The van der Waals surface area contributed by atoms with Gasteiger partial charge in [0.15, 0.2) is 0 Å². The van der Waals surface area contributed by atoms with Crippen LogP contribution in [0.1, 0.15) is 18.4 Å². The number of para-hydroxylation sites is 1. The molecule has 2 heteroatoms. The number of aryl methyl sites for hydroxylation is 2. The van der Waals surface area contributed by atoms with Gasteiger partial charge in [0.05, 0.1) is 0 Å². The molecule has 0 aliphatic heterocycles. The molecule has 1 aromatic heterocycles. The van der Waals surface area contributed by atoms with E-state index in [2.05, 4.69) is 40.9 Å². The highest BCUT2D eigenvalue weighted by atomic mass is 15.0. The molecule has 2 aromatic rings. The molecule has 0 saturated heterocycles. The molecule has 0 atom stereocenters. The number of nitrogens with zero attached hydrogens (tertiary/aromatic N) is 1. The van der Waals surface area contributed by atoms with E-state index >= 15 is 0 Å². The van der Waals surface area contributed by atoms with Crippen molar-refractivity contribution in [3.8, 4) is 12.3 Å². The van der Waals surface area contributed by atoms with E-state index in [0.29, 0.717) is 0 Å². The molecule has 2 rings (SSSR count). The van der Waals surface area contributed by atoms with Crippen LogP contribution in [-0.2, 0) is 13.0 Å². The summed E-state index contributed by atoms with van der Waals surface area (Å²) in [5.74, 6) is 2.69. The fraction of sp³-hybridized carbons (Fsp3) is 0.333. The molecule has 1 heterocycles. The maximum atomic E-state index is 5.57. The van der Waals surface area contributed by atoms with Gasteiger partial charge in [-0.05, 0) is 31.0 Å². The summed E-state index contributed by atoms with van der Waals surface area (Å²) in [6, 6.07) is 8.48. The molecule has 0 aliphatic carbocycles. The summed E-state index contributed by atoms with van der Waals surface area (Å²) in [4.78, 5) is 0. The van der Waals surface area contributed by atoms with Gasteiger partial charge in [0.25, 0.3) is 0 Å². The Morgan fingerprint density at radius 1 is 1.29 bits per heavy atom. The van der Waals surface area contributed by atoms with Crippen molar-refractivity contribution < 1.29 is 0 Å². The van der Waals surface area contributed by atoms with Crippen molar-refractivity contribution in [3.63, 3.8) is 0 Å². The molecule has 0 saturated carbocycles. The first kappa shape index (κ1) is 11.8. The molecular formula is C15H18N2. The van der Waals surface area contributed by atoms with Crippen molar-refractivity contribution in [3.05, 3.63) is 36.0 Å². The second kappa shape index (κ2) is 5.56. The molecule has 0 unspecified atom stereocenters. The minimum atomic E-state index is 0.740. The SMILES string of the molecule is C#CCCn1cc(CCCN)c2ccccc21. The predicted molar refractivity (Wildman–Crippen MR) is 72.8 cm³/mol. The Kier molecular flexibility index (Phi) is 3.85. The summed E-state index contributed by atoms with van der Waals surface area (Å²) in [5.41, 5.74) is 8.22. The fourth-order valence-electron chi connectivity index (χ4n) is 2.18. The largest absolute Gasteiger partial charge is 0.346 e. The third-order valence-corrected chi connectivity index (χ3v) is 3.02. The van der Waals surface area contributed by atoms with E-state index in [-0.39, 0.29) is 0 Å². The van der Waals surface area contributed by atoms with Crippen molar-refractivity contribution in [1.29, 1.82) is 0 Å². The molecule has 0 amide bonds. The first-order valence-electron chi connectivity index (χ1n) is 6.07. The summed E-state index contributed by atoms with van der Waals surface area (Å²) in [6.07, 6.45) is 10.4. The Morgan fingerprint density at radius 2 is 2.12 bits per heavy atom. The van der Waals surface area contributed by atoms with Gasteiger partial charge in [0.2, 0.25) is 0 Å². The van der Waals surface area contributed by atoms with Crippen LogP contribution in [0.25, 0.3) is 10.9 Å². The van der Waals surface area contributed by atoms with Crippen LogP contribution < -0.4 is 5.73 Å². The second-order valence-electron chi connectivity index (χ2n) is 4.21. The highest BCUT2D eigenvalue weighted by molar-refractivity contribution is 5.83. The van der Waals surface area contributed by atoms with Crippen molar-refractivity contribution >= 4 is 10.9 Å². The molecule has 0 spiro atoms. The number of benzene rings is 1. The topological polar surface area (TPSA) is 30.9 Å². The molecule has 1 aromatic carbocycles. The van der Waals surface area contributed by atoms with Crippen LogP contribution in [0.3, 0.4) is 0 Å². The predicted octanol–water partition coefficient (Wildman–Crippen LogP) is 2.56. The maximum Gasteiger partial charge on any atom is 0.0483 e. The number of fused-ring (bicyclic) bond motifs is 1. The molecule has 0 fully saturated rings. The third kappa shape index (κ3) is 2.51. The Balaban J connectivity index is 2.36. The van der Waals surface area contributed by atoms with E-state index in [9.17, 15) is 0 Å². The number of hydrogen-bond donors (Lipinski definition) is 1. The van der Waals surface area contributed by atoms with Crippen LogP contribution in [-0.4, -0.2) is 11.1 Å². The maximum absolute atomic E-state index is 5.57. The third-order valence-electron chi connectivity index (χ3n) is 3.02. The van der Waals surface area contributed by atoms with Gasteiger partial charge in [0.1, 0.15) is 0 Å². The lowest BCUT2D eigenvalue weighted by atomic mass is 10.1. The average molecular weight is 226 g/mol. The van der Waals surface area contributed by atoms with Crippen LogP contribution >= 0.6 is 0 Å². The monoisotopic (exact) mass is 226 g/mol. The zero-order valence-corrected chi connectivity index (χ0v) is 10.0. The van der Waals surface area contributed by atoms with E-state index in [1.807, 2.05) is 0 Å². The fourth-order valence-corrected chi connectivity index (χ4v) is 2.18. The van der Waals surface area contributed by atoms with Crippen LogP contribution in [0.4, 0.5) is 0 Å². The van der Waals surface area contributed by atoms with E-state index in [4.69, 9.17) is 12.2 Å². The van der Waals surface area contributed by atoms with Gasteiger partial charge in [-0.2, -0.15) is 0 Å². The van der Waals surface area contributed by atoms with Gasteiger partial charge in [-0.25, -0.2) is 0 Å². The Morgan fingerprint density at radius 3 is 2.88 bits per heavy atom. The standard InChI is InChI=1S/C15H18N2/c1-2-3-11-17-12-13(7-6-10-16)14-8-4-5-9-15(14)17/h1,4-5,8-9,12H,3,6-7,10-11,16H2. The lowest BCUT2D eigenvalue weighted by Crippen LogP contribution is -2.00. The van der Waals surface area contributed by atoms with Crippen molar-refractivity contribution in [2.75, 3.05) is 6.54 Å². The normalized spacial score (nSPS) is 10.6. The van der Waals surface area contributed by atoms with E-state index in [0.717, 1.165) is 32.4 Å². The van der Waals surface area contributed by atoms with Gasteiger partial charge >= 0.3 is 0 Å². The van der Waals surface area contributed by atoms with E-state index in [1.54, 1.807) is 0 Å². The molecule has 0 radical (unpaired) electrons. The number of terminal acetylenes is 1. The lowest BCUT2D eigenvalue weighted by Gasteiger charge is -2.00. The zero-order valence-electron chi connectivity index (χ0n) is 10.0. The summed E-state index contributed by atoms with van der Waals surface area (Å²) < 4.78 is 2.25. The van der Waals surface area contributed by atoms with Crippen molar-refractivity contribution in [1.82, 2.24) is 4.57 Å². The number of rotatable bonds is 5. The van der Waals surface area contributed by atoms with Crippen LogP contribution in [0.2, 0.25) is 0 Å². The van der Waals surface area contributed by atoms with Crippen LogP contribution in [0.15, 0.2) is 30.5 Å². The van der Waals surface area contributed by atoms with Gasteiger partial charge in [-0.1, -0.05) is 18.2 Å². The van der Waals surface area contributed by atoms with E-state index in [1.165, 1.54) is 16.5 Å². The van der Waals surface area contributed by atoms with Gasteiger partial charge in [0, 0.05) is 30.1 Å².